The first kappa shape index (κ1) is 13.1. The standard InChI is InChI=1S/C16H25N3/c1-11-15(8-9-17)16(19-18-11)14-7-6-12-4-2-3-5-13(12)10-14/h6-7,10-11,15-16,18-19H,2-5,8-9,17H2,1H3. The van der Waals surface area contributed by atoms with Crippen LogP contribution in [0.4, 0.5) is 0 Å². The van der Waals surface area contributed by atoms with Crippen LogP contribution in [0.2, 0.25) is 0 Å². The Bertz CT molecular complexity index is 444. The van der Waals surface area contributed by atoms with Crippen molar-refractivity contribution in [1.29, 1.82) is 0 Å². The Morgan fingerprint density at radius 1 is 1.16 bits per heavy atom. The zero-order valence-corrected chi connectivity index (χ0v) is 11.8. The van der Waals surface area contributed by atoms with Gasteiger partial charge >= 0.3 is 0 Å². The van der Waals surface area contributed by atoms with Gasteiger partial charge in [0, 0.05) is 6.04 Å². The van der Waals surface area contributed by atoms with E-state index < -0.39 is 0 Å². The Morgan fingerprint density at radius 3 is 2.74 bits per heavy atom. The highest BCUT2D eigenvalue weighted by Gasteiger charge is 2.33. The molecule has 0 aromatic heterocycles. The van der Waals surface area contributed by atoms with E-state index in [4.69, 9.17) is 5.73 Å². The van der Waals surface area contributed by atoms with Gasteiger partial charge in [-0.3, -0.25) is 5.43 Å². The third-order valence-corrected chi connectivity index (χ3v) is 4.77. The van der Waals surface area contributed by atoms with Crippen molar-refractivity contribution in [2.45, 2.75) is 51.1 Å². The summed E-state index contributed by atoms with van der Waals surface area (Å²) in [6.07, 6.45) is 6.27. The SMILES string of the molecule is CC1NNC(c2ccc3c(c2)CCCC3)C1CCN. The number of rotatable bonds is 3. The number of fused-ring (bicyclic) bond motifs is 1. The van der Waals surface area contributed by atoms with E-state index in [9.17, 15) is 0 Å². The average Bonchev–Trinajstić information content (AvgIpc) is 2.80. The quantitative estimate of drug-likeness (QED) is 0.779. The highest BCUT2D eigenvalue weighted by molar-refractivity contribution is 5.36. The Balaban J connectivity index is 1.85. The second-order valence-corrected chi connectivity index (χ2v) is 6.03. The van der Waals surface area contributed by atoms with Gasteiger partial charge in [0.1, 0.15) is 0 Å². The molecule has 0 saturated carbocycles. The summed E-state index contributed by atoms with van der Waals surface area (Å²) in [6.45, 7) is 3.01. The molecule has 4 N–H and O–H groups in total. The van der Waals surface area contributed by atoms with E-state index in [2.05, 4.69) is 36.0 Å². The fourth-order valence-electron chi connectivity index (χ4n) is 3.61. The molecule has 104 valence electrons. The molecule has 1 heterocycles. The Labute approximate surface area is 115 Å². The van der Waals surface area contributed by atoms with Gasteiger partial charge in [-0.05, 0) is 68.2 Å². The van der Waals surface area contributed by atoms with Crippen LogP contribution in [0, 0.1) is 5.92 Å². The van der Waals surface area contributed by atoms with E-state index in [-0.39, 0.29) is 0 Å². The number of hydrogen-bond acceptors (Lipinski definition) is 3. The van der Waals surface area contributed by atoms with Crippen LogP contribution in [-0.4, -0.2) is 12.6 Å². The Hall–Kier alpha value is -0.900. The monoisotopic (exact) mass is 259 g/mol. The molecular formula is C16H25N3. The lowest BCUT2D eigenvalue weighted by Gasteiger charge is -2.23. The van der Waals surface area contributed by atoms with Crippen LogP contribution in [0.3, 0.4) is 0 Å². The second kappa shape index (κ2) is 5.61. The fourth-order valence-corrected chi connectivity index (χ4v) is 3.61. The molecule has 1 fully saturated rings. The molecule has 3 atom stereocenters. The first-order valence-corrected chi connectivity index (χ1v) is 7.62. The summed E-state index contributed by atoms with van der Waals surface area (Å²) in [4.78, 5) is 0. The third kappa shape index (κ3) is 2.55. The van der Waals surface area contributed by atoms with Crippen molar-refractivity contribution in [3.8, 4) is 0 Å². The summed E-state index contributed by atoms with van der Waals surface area (Å²) >= 11 is 0. The van der Waals surface area contributed by atoms with Crippen molar-refractivity contribution in [2.75, 3.05) is 6.54 Å². The van der Waals surface area contributed by atoms with Crippen LogP contribution < -0.4 is 16.6 Å². The van der Waals surface area contributed by atoms with Gasteiger partial charge in [0.05, 0.1) is 6.04 Å². The van der Waals surface area contributed by atoms with Gasteiger partial charge < -0.3 is 5.73 Å². The van der Waals surface area contributed by atoms with Crippen LogP contribution in [-0.2, 0) is 12.8 Å². The normalized spacial score (nSPS) is 30.3. The summed E-state index contributed by atoms with van der Waals surface area (Å²) in [5, 5.41) is 0. The third-order valence-electron chi connectivity index (χ3n) is 4.77. The lowest BCUT2D eigenvalue weighted by Crippen LogP contribution is -2.29. The molecule has 2 aliphatic rings. The van der Waals surface area contributed by atoms with Crippen molar-refractivity contribution >= 4 is 0 Å². The van der Waals surface area contributed by atoms with E-state index in [1.807, 2.05) is 0 Å². The number of aryl methyl sites for hydroxylation is 2. The molecule has 3 nitrogen and oxygen atoms in total. The maximum Gasteiger partial charge on any atom is 0.0506 e. The Kier molecular flexibility index (Phi) is 3.87. The van der Waals surface area contributed by atoms with Crippen LogP contribution in [0.5, 0.6) is 0 Å². The highest BCUT2D eigenvalue weighted by Crippen LogP contribution is 2.33. The van der Waals surface area contributed by atoms with Crippen LogP contribution >= 0.6 is 0 Å². The minimum Gasteiger partial charge on any atom is -0.330 e. The topological polar surface area (TPSA) is 50.1 Å². The number of hydrogen-bond donors (Lipinski definition) is 3. The predicted octanol–water partition coefficient (Wildman–Crippen LogP) is 2.07. The van der Waals surface area contributed by atoms with Crippen LogP contribution in [0.25, 0.3) is 0 Å². The van der Waals surface area contributed by atoms with Crippen molar-refractivity contribution in [3.63, 3.8) is 0 Å². The van der Waals surface area contributed by atoms with Crippen LogP contribution in [0.15, 0.2) is 18.2 Å². The van der Waals surface area contributed by atoms with Gasteiger partial charge in [-0.2, -0.15) is 0 Å². The van der Waals surface area contributed by atoms with E-state index in [0.717, 1.165) is 13.0 Å². The molecule has 0 radical (unpaired) electrons. The zero-order valence-electron chi connectivity index (χ0n) is 11.8. The molecule has 1 aliphatic heterocycles. The van der Waals surface area contributed by atoms with Crippen molar-refractivity contribution in [3.05, 3.63) is 34.9 Å². The molecule has 19 heavy (non-hydrogen) atoms. The van der Waals surface area contributed by atoms with Gasteiger partial charge in [0.2, 0.25) is 0 Å². The molecule has 3 rings (SSSR count). The largest absolute Gasteiger partial charge is 0.330 e. The van der Waals surface area contributed by atoms with E-state index in [1.54, 1.807) is 11.1 Å². The molecule has 0 bridgehead atoms. The summed E-state index contributed by atoms with van der Waals surface area (Å²) < 4.78 is 0. The number of benzene rings is 1. The first-order chi connectivity index (χ1) is 9.29. The predicted molar refractivity (Wildman–Crippen MR) is 78.7 cm³/mol. The molecule has 1 aliphatic carbocycles. The van der Waals surface area contributed by atoms with Crippen molar-refractivity contribution < 1.29 is 0 Å². The van der Waals surface area contributed by atoms with Gasteiger partial charge in [-0.25, -0.2) is 5.43 Å². The Morgan fingerprint density at radius 2 is 1.95 bits per heavy atom. The fraction of sp³-hybridized carbons (Fsp3) is 0.625. The minimum absolute atomic E-state index is 0.408. The highest BCUT2D eigenvalue weighted by atomic mass is 15.4. The maximum absolute atomic E-state index is 5.77. The van der Waals surface area contributed by atoms with Gasteiger partial charge in [0.25, 0.3) is 0 Å². The van der Waals surface area contributed by atoms with E-state index in [0.29, 0.717) is 18.0 Å². The second-order valence-electron chi connectivity index (χ2n) is 6.03. The molecule has 1 saturated heterocycles. The van der Waals surface area contributed by atoms with Gasteiger partial charge in [0.15, 0.2) is 0 Å². The van der Waals surface area contributed by atoms with Crippen molar-refractivity contribution in [1.82, 2.24) is 10.9 Å². The average molecular weight is 259 g/mol. The van der Waals surface area contributed by atoms with Gasteiger partial charge in [-0.1, -0.05) is 18.2 Å². The molecule has 0 amide bonds. The smallest absolute Gasteiger partial charge is 0.0506 e. The minimum atomic E-state index is 0.408. The molecule has 3 unspecified atom stereocenters. The summed E-state index contributed by atoms with van der Waals surface area (Å²) in [5.41, 5.74) is 17.2. The number of nitrogens with one attached hydrogen (secondary N) is 2. The summed E-state index contributed by atoms with van der Waals surface area (Å²) in [7, 11) is 0. The lowest BCUT2D eigenvalue weighted by atomic mass is 9.84. The van der Waals surface area contributed by atoms with Crippen LogP contribution in [0.1, 0.15) is 48.9 Å². The number of nitrogens with two attached hydrogens (primary N) is 1. The molecular weight excluding hydrogens is 234 g/mol. The maximum atomic E-state index is 5.77. The lowest BCUT2D eigenvalue weighted by molar-refractivity contribution is 0.409. The van der Waals surface area contributed by atoms with Gasteiger partial charge in [-0.15, -0.1) is 0 Å². The summed E-state index contributed by atoms with van der Waals surface area (Å²) in [6, 6.07) is 7.98. The first-order valence-electron chi connectivity index (χ1n) is 7.62. The molecule has 3 heteroatoms. The summed E-state index contributed by atoms with van der Waals surface area (Å²) in [5.74, 6) is 0.589. The number of hydrazine groups is 1. The van der Waals surface area contributed by atoms with Crippen molar-refractivity contribution in [2.24, 2.45) is 11.7 Å². The van der Waals surface area contributed by atoms with E-state index >= 15 is 0 Å². The molecule has 0 spiro atoms. The van der Waals surface area contributed by atoms with E-state index in [1.165, 1.54) is 31.2 Å². The zero-order chi connectivity index (χ0) is 13.2. The molecule has 1 aromatic carbocycles. The molecule has 1 aromatic rings.